The highest BCUT2D eigenvalue weighted by Gasteiger charge is 2.31. The summed E-state index contributed by atoms with van der Waals surface area (Å²) in [5.74, 6) is 0.209. The van der Waals surface area contributed by atoms with Crippen LogP contribution >= 0.6 is 11.8 Å². The van der Waals surface area contributed by atoms with E-state index in [1.807, 2.05) is 35.4 Å². The summed E-state index contributed by atoms with van der Waals surface area (Å²) in [6.45, 7) is 5.84. The maximum Gasteiger partial charge on any atom is 0.251 e. The zero-order valence-electron chi connectivity index (χ0n) is 17.3. The van der Waals surface area contributed by atoms with Crippen LogP contribution in [0, 0.1) is 0 Å². The molecule has 1 aromatic rings. The van der Waals surface area contributed by atoms with Gasteiger partial charge in [-0.2, -0.15) is 0 Å². The van der Waals surface area contributed by atoms with E-state index in [0.717, 1.165) is 56.6 Å². The Hall–Kier alpha value is -1.57. The smallest absolute Gasteiger partial charge is 0.251 e. The Morgan fingerprint density at radius 1 is 1.03 bits per heavy atom. The molecule has 158 valence electrons. The molecule has 0 aromatic heterocycles. The molecular weight excluding hydrogens is 384 g/mol. The zero-order valence-corrected chi connectivity index (χ0v) is 18.1. The van der Waals surface area contributed by atoms with Crippen molar-refractivity contribution in [1.82, 2.24) is 20.0 Å². The minimum absolute atomic E-state index is 0.0251. The summed E-state index contributed by atoms with van der Waals surface area (Å²) in [4.78, 5) is 33.1. The minimum atomic E-state index is -0.0251. The zero-order chi connectivity index (χ0) is 20.2. The van der Waals surface area contributed by atoms with E-state index in [-0.39, 0.29) is 17.9 Å². The van der Waals surface area contributed by atoms with E-state index in [2.05, 4.69) is 15.1 Å². The maximum absolute atomic E-state index is 12.7. The van der Waals surface area contributed by atoms with E-state index < -0.39 is 0 Å². The van der Waals surface area contributed by atoms with Crippen LogP contribution in [0.4, 0.5) is 0 Å². The standard InChI is InChI=1S/C22H32N4O2S/c1-29-20-7-5-17(6-8-20)22(28)23-18-9-10-24(15-18)16-21(27)26-13-11-25(12-14-26)19-3-2-4-19/h5-8,18-19H,2-4,9-16H2,1H3,(H,23,28). The van der Waals surface area contributed by atoms with E-state index in [0.29, 0.717) is 12.1 Å². The van der Waals surface area contributed by atoms with Crippen molar-refractivity contribution in [2.75, 3.05) is 52.1 Å². The number of piperazine rings is 1. The van der Waals surface area contributed by atoms with Crippen molar-refractivity contribution >= 4 is 23.6 Å². The number of hydrogen-bond acceptors (Lipinski definition) is 5. The summed E-state index contributed by atoms with van der Waals surface area (Å²) in [5.41, 5.74) is 0.696. The molecule has 1 saturated carbocycles. The number of likely N-dealkylation sites (tertiary alicyclic amines) is 1. The first-order chi connectivity index (χ1) is 14.1. The number of benzene rings is 1. The summed E-state index contributed by atoms with van der Waals surface area (Å²) < 4.78 is 0. The SMILES string of the molecule is CSc1ccc(C(=O)NC2CCN(CC(=O)N3CCN(C4CCC4)CC3)C2)cc1. The molecule has 2 saturated heterocycles. The third-order valence-electron chi connectivity index (χ3n) is 6.58. The van der Waals surface area contributed by atoms with E-state index in [1.54, 1.807) is 11.8 Å². The molecule has 1 aromatic carbocycles. The highest BCUT2D eigenvalue weighted by atomic mass is 32.2. The van der Waals surface area contributed by atoms with Gasteiger partial charge in [-0.05, 0) is 49.8 Å². The fourth-order valence-electron chi connectivity index (χ4n) is 4.48. The normalized spacial score (nSPS) is 23.8. The van der Waals surface area contributed by atoms with Crippen LogP contribution in [-0.4, -0.2) is 90.7 Å². The predicted molar refractivity (Wildman–Crippen MR) is 116 cm³/mol. The van der Waals surface area contributed by atoms with Crippen molar-refractivity contribution < 1.29 is 9.59 Å². The highest BCUT2D eigenvalue weighted by Crippen LogP contribution is 2.25. The Balaban J connectivity index is 1.19. The predicted octanol–water partition coefficient (Wildman–Crippen LogP) is 1.91. The number of nitrogens with zero attached hydrogens (tertiary/aromatic N) is 3. The Kier molecular flexibility index (Phi) is 6.77. The second-order valence-electron chi connectivity index (χ2n) is 8.42. The number of nitrogens with one attached hydrogen (secondary N) is 1. The lowest BCUT2D eigenvalue weighted by atomic mass is 9.91. The van der Waals surface area contributed by atoms with Gasteiger partial charge < -0.3 is 10.2 Å². The average molecular weight is 417 g/mol. The number of carbonyl (C=O) groups excluding carboxylic acids is 2. The number of rotatable bonds is 6. The molecule has 1 N–H and O–H groups in total. The molecule has 2 heterocycles. The van der Waals surface area contributed by atoms with Crippen LogP contribution in [0.2, 0.25) is 0 Å². The molecule has 0 radical (unpaired) electrons. The van der Waals surface area contributed by atoms with Gasteiger partial charge in [0.25, 0.3) is 5.91 Å². The molecule has 6 nitrogen and oxygen atoms in total. The molecule has 3 fully saturated rings. The molecule has 1 atom stereocenters. The lowest BCUT2D eigenvalue weighted by molar-refractivity contribution is -0.134. The van der Waals surface area contributed by atoms with Crippen molar-refractivity contribution in [2.45, 2.75) is 42.7 Å². The quantitative estimate of drug-likeness (QED) is 0.718. The van der Waals surface area contributed by atoms with E-state index in [9.17, 15) is 9.59 Å². The molecule has 0 bridgehead atoms. The maximum atomic E-state index is 12.7. The molecule has 29 heavy (non-hydrogen) atoms. The van der Waals surface area contributed by atoms with Crippen LogP contribution in [-0.2, 0) is 4.79 Å². The monoisotopic (exact) mass is 416 g/mol. The summed E-state index contributed by atoms with van der Waals surface area (Å²) in [5, 5.41) is 3.13. The van der Waals surface area contributed by atoms with Gasteiger partial charge in [0.05, 0.1) is 6.54 Å². The van der Waals surface area contributed by atoms with Crippen LogP contribution in [0.5, 0.6) is 0 Å². The van der Waals surface area contributed by atoms with Crippen molar-refractivity contribution in [3.63, 3.8) is 0 Å². The molecule has 4 rings (SSSR count). The lowest BCUT2D eigenvalue weighted by Gasteiger charge is -2.43. The van der Waals surface area contributed by atoms with Gasteiger partial charge in [-0.3, -0.25) is 19.4 Å². The Morgan fingerprint density at radius 2 is 1.76 bits per heavy atom. The lowest BCUT2D eigenvalue weighted by Crippen LogP contribution is -2.55. The third-order valence-corrected chi connectivity index (χ3v) is 7.32. The summed E-state index contributed by atoms with van der Waals surface area (Å²) >= 11 is 1.67. The molecule has 7 heteroatoms. The van der Waals surface area contributed by atoms with Crippen LogP contribution in [0.1, 0.15) is 36.0 Å². The first-order valence-corrected chi connectivity index (χ1v) is 12.0. The van der Waals surface area contributed by atoms with Gasteiger partial charge in [-0.15, -0.1) is 11.8 Å². The van der Waals surface area contributed by atoms with Gasteiger partial charge in [-0.25, -0.2) is 0 Å². The number of thioether (sulfide) groups is 1. The van der Waals surface area contributed by atoms with Crippen LogP contribution in [0.3, 0.4) is 0 Å². The second-order valence-corrected chi connectivity index (χ2v) is 9.30. The number of amides is 2. The Labute approximate surface area is 178 Å². The second kappa shape index (κ2) is 9.49. The summed E-state index contributed by atoms with van der Waals surface area (Å²) in [6.07, 6.45) is 6.95. The minimum Gasteiger partial charge on any atom is -0.348 e. The first-order valence-electron chi connectivity index (χ1n) is 10.8. The van der Waals surface area contributed by atoms with Crippen LogP contribution in [0.15, 0.2) is 29.2 Å². The van der Waals surface area contributed by atoms with Crippen LogP contribution < -0.4 is 5.32 Å². The van der Waals surface area contributed by atoms with Gasteiger partial charge in [0.15, 0.2) is 0 Å². The van der Waals surface area contributed by atoms with E-state index in [1.165, 1.54) is 19.3 Å². The fourth-order valence-corrected chi connectivity index (χ4v) is 4.89. The van der Waals surface area contributed by atoms with E-state index >= 15 is 0 Å². The van der Waals surface area contributed by atoms with Gasteiger partial charge in [0, 0.05) is 61.8 Å². The molecule has 1 unspecified atom stereocenters. The highest BCUT2D eigenvalue weighted by molar-refractivity contribution is 7.98. The topological polar surface area (TPSA) is 55.9 Å². The molecule has 1 aliphatic carbocycles. The van der Waals surface area contributed by atoms with E-state index in [4.69, 9.17) is 0 Å². The van der Waals surface area contributed by atoms with Crippen molar-refractivity contribution in [3.8, 4) is 0 Å². The van der Waals surface area contributed by atoms with Crippen molar-refractivity contribution in [1.29, 1.82) is 0 Å². The van der Waals surface area contributed by atoms with Crippen LogP contribution in [0.25, 0.3) is 0 Å². The number of hydrogen-bond donors (Lipinski definition) is 1. The van der Waals surface area contributed by atoms with Crippen molar-refractivity contribution in [3.05, 3.63) is 29.8 Å². The fraction of sp³-hybridized carbons (Fsp3) is 0.636. The number of carbonyl (C=O) groups is 2. The average Bonchev–Trinajstić information content (AvgIpc) is 3.14. The molecule has 3 aliphatic rings. The Morgan fingerprint density at radius 3 is 2.38 bits per heavy atom. The van der Waals surface area contributed by atoms with Gasteiger partial charge in [0.1, 0.15) is 0 Å². The summed E-state index contributed by atoms with van der Waals surface area (Å²) in [6, 6.07) is 8.59. The first kappa shape index (κ1) is 20.7. The van der Waals surface area contributed by atoms with Gasteiger partial charge >= 0.3 is 0 Å². The van der Waals surface area contributed by atoms with Gasteiger partial charge in [-0.1, -0.05) is 6.42 Å². The molecule has 2 aliphatic heterocycles. The molecular formula is C22H32N4O2S. The Bertz CT molecular complexity index is 714. The molecule has 0 spiro atoms. The van der Waals surface area contributed by atoms with Crippen molar-refractivity contribution in [2.24, 2.45) is 0 Å². The largest absolute Gasteiger partial charge is 0.348 e. The summed E-state index contributed by atoms with van der Waals surface area (Å²) in [7, 11) is 0. The van der Waals surface area contributed by atoms with Gasteiger partial charge in [0.2, 0.25) is 5.91 Å². The molecule has 2 amide bonds. The third kappa shape index (κ3) is 5.13.